The van der Waals surface area contributed by atoms with Gasteiger partial charge in [0, 0.05) is 37.8 Å². The summed E-state index contributed by atoms with van der Waals surface area (Å²) in [6, 6.07) is 0.290. The van der Waals surface area contributed by atoms with Crippen molar-refractivity contribution in [3.63, 3.8) is 0 Å². The average Bonchev–Trinajstić information content (AvgIpc) is 2.68. The summed E-state index contributed by atoms with van der Waals surface area (Å²) in [4.78, 5) is 4.31. The van der Waals surface area contributed by atoms with Crippen LogP contribution in [0.25, 0.3) is 0 Å². The Balaban J connectivity index is 0.00000264. The number of aromatic nitrogens is 2. The fourth-order valence-electron chi connectivity index (χ4n) is 2.75. The Hall–Kier alpha value is -0.830. The van der Waals surface area contributed by atoms with E-state index < -0.39 is 0 Å². The van der Waals surface area contributed by atoms with Crippen LogP contribution < -0.4 is 10.6 Å². The summed E-state index contributed by atoms with van der Waals surface area (Å²) in [6.45, 7) is 11.1. The quantitative estimate of drug-likeness (QED) is 0.421. The summed E-state index contributed by atoms with van der Waals surface area (Å²) >= 11 is 0. The molecule has 1 aliphatic heterocycles. The van der Waals surface area contributed by atoms with Gasteiger partial charge in [0.15, 0.2) is 5.96 Å². The van der Waals surface area contributed by atoms with Crippen LogP contribution in [0.1, 0.15) is 30.8 Å². The van der Waals surface area contributed by atoms with Gasteiger partial charge in [-0.05, 0) is 32.8 Å². The Morgan fingerprint density at radius 2 is 2.09 bits per heavy atom. The first kappa shape index (κ1) is 20.2. The largest absolute Gasteiger partial charge is 0.380 e. The van der Waals surface area contributed by atoms with Crippen LogP contribution in [0, 0.1) is 19.3 Å². The molecule has 6 nitrogen and oxygen atoms in total. The Labute approximate surface area is 156 Å². The monoisotopic (exact) mass is 435 g/mol. The highest BCUT2D eigenvalue weighted by atomic mass is 127. The standard InChI is InChI=1S/C16H29N5O.HI/c1-11(7-14-12(2)20-21(6)13(14)3)19-15(17-5)18-8-16(4)9-22-10-16;/h11H,7-10H2,1-6H3,(H2,17,18,19);1H. The smallest absolute Gasteiger partial charge is 0.191 e. The zero-order chi connectivity index (χ0) is 16.3. The van der Waals surface area contributed by atoms with Crippen molar-refractivity contribution in [1.82, 2.24) is 20.4 Å². The van der Waals surface area contributed by atoms with Crippen molar-refractivity contribution >= 4 is 29.9 Å². The summed E-state index contributed by atoms with van der Waals surface area (Å²) in [5.74, 6) is 0.847. The van der Waals surface area contributed by atoms with Gasteiger partial charge in [-0.25, -0.2) is 0 Å². The second-order valence-corrected chi connectivity index (χ2v) is 6.75. The Bertz CT molecular complexity index is 551. The molecule has 7 heteroatoms. The van der Waals surface area contributed by atoms with Gasteiger partial charge in [0.25, 0.3) is 0 Å². The molecular formula is C16H30IN5O. The Morgan fingerprint density at radius 3 is 2.52 bits per heavy atom. The molecule has 1 aromatic rings. The first-order valence-electron chi connectivity index (χ1n) is 7.88. The number of nitrogens with one attached hydrogen (secondary N) is 2. The molecule has 0 bridgehead atoms. The van der Waals surface area contributed by atoms with Gasteiger partial charge in [-0.1, -0.05) is 6.92 Å². The molecule has 1 aliphatic rings. The maximum Gasteiger partial charge on any atom is 0.191 e. The maximum absolute atomic E-state index is 5.28. The highest BCUT2D eigenvalue weighted by Gasteiger charge is 2.33. The van der Waals surface area contributed by atoms with Gasteiger partial charge in [-0.15, -0.1) is 24.0 Å². The highest BCUT2D eigenvalue weighted by molar-refractivity contribution is 14.0. The van der Waals surface area contributed by atoms with E-state index in [1.165, 1.54) is 11.3 Å². The summed E-state index contributed by atoms with van der Waals surface area (Å²) in [7, 11) is 3.80. The molecule has 0 saturated carbocycles. The lowest BCUT2D eigenvalue weighted by atomic mass is 9.89. The van der Waals surface area contributed by atoms with Gasteiger partial charge in [0.1, 0.15) is 0 Å². The molecule has 2 N–H and O–H groups in total. The molecule has 0 aromatic carbocycles. The number of hydrogen-bond donors (Lipinski definition) is 2. The molecule has 1 fully saturated rings. The Kier molecular flexibility index (Phi) is 7.31. The molecule has 2 rings (SSSR count). The van der Waals surface area contributed by atoms with Gasteiger partial charge in [-0.2, -0.15) is 5.10 Å². The molecule has 0 spiro atoms. The van der Waals surface area contributed by atoms with Crippen molar-refractivity contribution in [2.75, 3.05) is 26.8 Å². The number of halogens is 1. The molecule has 0 aliphatic carbocycles. The van der Waals surface area contributed by atoms with Crippen molar-refractivity contribution in [2.24, 2.45) is 17.5 Å². The molecule has 1 unspecified atom stereocenters. The van der Waals surface area contributed by atoms with Crippen LogP contribution in [-0.4, -0.2) is 48.6 Å². The van der Waals surface area contributed by atoms with Crippen LogP contribution >= 0.6 is 24.0 Å². The van der Waals surface area contributed by atoms with Crippen molar-refractivity contribution in [3.05, 3.63) is 17.0 Å². The third-order valence-corrected chi connectivity index (χ3v) is 4.36. The molecule has 23 heavy (non-hydrogen) atoms. The predicted octanol–water partition coefficient (Wildman–Crippen LogP) is 1.79. The summed E-state index contributed by atoms with van der Waals surface area (Å²) in [5, 5.41) is 11.3. The first-order valence-corrected chi connectivity index (χ1v) is 7.88. The Morgan fingerprint density at radius 1 is 1.43 bits per heavy atom. The van der Waals surface area contributed by atoms with Crippen LogP contribution in [-0.2, 0) is 18.2 Å². The molecular weight excluding hydrogens is 405 g/mol. The second kappa shape index (κ2) is 8.32. The molecule has 1 saturated heterocycles. The molecule has 0 amide bonds. The number of guanidine groups is 1. The average molecular weight is 435 g/mol. The summed E-state index contributed by atoms with van der Waals surface area (Å²) in [5.41, 5.74) is 3.89. The fraction of sp³-hybridized carbons (Fsp3) is 0.750. The topological polar surface area (TPSA) is 63.5 Å². The lowest BCUT2D eigenvalue weighted by Crippen LogP contribution is -2.52. The van der Waals surface area contributed by atoms with E-state index in [2.05, 4.69) is 48.4 Å². The van der Waals surface area contributed by atoms with Crippen LogP contribution in [0.2, 0.25) is 0 Å². The fourth-order valence-corrected chi connectivity index (χ4v) is 2.75. The zero-order valence-corrected chi connectivity index (χ0v) is 17.4. The first-order chi connectivity index (χ1) is 10.3. The van der Waals surface area contributed by atoms with Crippen LogP contribution in [0.5, 0.6) is 0 Å². The van der Waals surface area contributed by atoms with Crippen molar-refractivity contribution in [3.8, 4) is 0 Å². The zero-order valence-electron chi connectivity index (χ0n) is 15.1. The number of ether oxygens (including phenoxy) is 1. The molecule has 1 aromatic heterocycles. The van der Waals surface area contributed by atoms with Crippen LogP contribution in [0.4, 0.5) is 0 Å². The van der Waals surface area contributed by atoms with E-state index in [1.807, 2.05) is 18.8 Å². The molecule has 0 radical (unpaired) electrons. The SMILES string of the molecule is CN=C(NCC1(C)COC1)NC(C)Cc1c(C)nn(C)c1C.I. The van der Waals surface area contributed by atoms with E-state index in [1.54, 1.807) is 0 Å². The lowest BCUT2D eigenvalue weighted by molar-refractivity contribution is -0.0971. The maximum atomic E-state index is 5.28. The summed E-state index contributed by atoms with van der Waals surface area (Å²) < 4.78 is 7.23. The minimum Gasteiger partial charge on any atom is -0.380 e. The molecule has 132 valence electrons. The highest BCUT2D eigenvalue weighted by Crippen LogP contribution is 2.24. The van der Waals surface area contributed by atoms with Gasteiger partial charge < -0.3 is 15.4 Å². The van der Waals surface area contributed by atoms with E-state index in [0.717, 1.165) is 37.8 Å². The second-order valence-electron chi connectivity index (χ2n) is 6.75. The van der Waals surface area contributed by atoms with Crippen LogP contribution in [0.3, 0.4) is 0 Å². The third kappa shape index (κ3) is 5.07. The normalized spacial score (nSPS) is 17.9. The number of nitrogens with zero attached hydrogens (tertiary/aromatic N) is 3. The van der Waals surface area contributed by atoms with Gasteiger partial charge in [-0.3, -0.25) is 9.67 Å². The van der Waals surface area contributed by atoms with Crippen molar-refractivity contribution in [2.45, 2.75) is 40.2 Å². The van der Waals surface area contributed by atoms with E-state index in [4.69, 9.17) is 4.74 Å². The predicted molar refractivity (Wildman–Crippen MR) is 105 cm³/mol. The molecule has 1 atom stereocenters. The van der Waals surface area contributed by atoms with E-state index >= 15 is 0 Å². The van der Waals surface area contributed by atoms with Gasteiger partial charge in [0.05, 0.1) is 18.9 Å². The van der Waals surface area contributed by atoms with Crippen molar-refractivity contribution in [1.29, 1.82) is 0 Å². The van der Waals surface area contributed by atoms with Gasteiger partial charge in [0.2, 0.25) is 0 Å². The van der Waals surface area contributed by atoms with Crippen molar-refractivity contribution < 1.29 is 4.74 Å². The summed E-state index contributed by atoms with van der Waals surface area (Å²) in [6.07, 6.45) is 0.937. The lowest BCUT2D eigenvalue weighted by Gasteiger charge is -2.38. The minimum atomic E-state index is 0. The number of aliphatic imine (C=N–C) groups is 1. The van der Waals surface area contributed by atoms with E-state index in [9.17, 15) is 0 Å². The van der Waals surface area contributed by atoms with E-state index in [0.29, 0.717) is 6.04 Å². The van der Waals surface area contributed by atoms with E-state index in [-0.39, 0.29) is 29.4 Å². The number of aryl methyl sites for hydroxylation is 2. The number of rotatable bonds is 5. The number of hydrogen-bond acceptors (Lipinski definition) is 3. The third-order valence-electron chi connectivity index (χ3n) is 4.36. The van der Waals surface area contributed by atoms with Gasteiger partial charge >= 0.3 is 0 Å². The van der Waals surface area contributed by atoms with Crippen LogP contribution in [0.15, 0.2) is 4.99 Å². The molecule has 2 heterocycles. The minimum absolute atomic E-state index is 0.